The van der Waals surface area contributed by atoms with Crippen LogP contribution in [0.4, 0.5) is 4.39 Å². The Hall–Kier alpha value is -1.91. The number of rotatable bonds is 1. The Balaban J connectivity index is 1.67. The molecule has 0 saturated carbocycles. The number of hydrogen-bond donors (Lipinski definition) is 1. The van der Waals surface area contributed by atoms with Gasteiger partial charge < -0.3 is 10.2 Å². The average molecular weight is 290 g/mol. The molecule has 0 aromatic heterocycles. The number of carbonyl (C=O) groups is 2. The Kier molecular flexibility index (Phi) is 3.43. The lowest BCUT2D eigenvalue weighted by Gasteiger charge is -2.38. The Bertz CT molecular complexity index is 592. The topological polar surface area (TPSA) is 49.4 Å². The van der Waals surface area contributed by atoms with Crippen LogP contribution in [0.3, 0.4) is 0 Å². The van der Waals surface area contributed by atoms with E-state index < -0.39 is 0 Å². The van der Waals surface area contributed by atoms with Crippen LogP contribution in [-0.4, -0.2) is 36.3 Å². The Labute approximate surface area is 123 Å². The highest BCUT2D eigenvalue weighted by Gasteiger charge is 2.41. The molecule has 1 aromatic carbocycles. The predicted molar refractivity (Wildman–Crippen MR) is 76.3 cm³/mol. The molecule has 5 heteroatoms. The van der Waals surface area contributed by atoms with E-state index in [1.54, 1.807) is 17.9 Å². The van der Waals surface area contributed by atoms with E-state index in [4.69, 9.17) is 0 Å². The van der Waals surface area contributed by atoms with Crippen LogP contribution >= 0.6 is 0 Å². The Morgan fingerprint density at radius 2 is 2.05 bits per heavy atom. The van der Waals surface area contributed by atoms with Crippen molar-refractivity contribution in [2.24, 2.45) is 5.41 Å². The highest BCUT2D eigenvalue weighted by molar-refractivity contribution is 5.94. The van der Waals surface area contributed by atoms with Crippen molar-refractivity contribution in [2.45, 2.75) is 26.2 Å². The zero-order valence-electron chi connectivity index (χ0n) is 12.1. The van der Waals surface area contributed by atoms with Crippen molar-refractivity contribution >= 4 is 11.8 Å². The number of aryl methyl sites for hydroxylation is 1. The number of likely N-dealkylation sites (tertiary alicyclic amines) is 1. The van der Waals surface area contributed by atoms with Gasteiger partial charge in [0, 0.05) is 31.6 Å². The van der Waals surface area contributed by atoms with Crippen LogP contribution in [0.25, 0.3) is 0 Å². The van der Waals surface area contributed by atoms with Gasteiger partial charge in [0.05, 0.1) is 0 Å². The van der Waals surface area contributed by atoms with Gasteiger partial charge in [0.2, 0.25) is 5.91 Å². The summed E-state index contributed by atoms with van der Waals surface area (Å²) in [4.78, 5) is 25.7. The molecule has 1 N–H and O–H groups in total. The number of hydrogen-bond acceptors (Lipinski definition) is 2. The minimum atomic E-state index is -0.292. The molecule has 2 aliphatic rings. The fourth-order valence-electron chi connectivity index (χ4n) is 3.25. The highest BCUT2D eigenvalue weighted by Crippen LogP contribution is 2.37. The second-order valence-corrected chi connectivity index (χ2v) is 6.21. The largest absolute Gasteiger partial charge is 0.356 e. The SMILES string of the molecule is Cc1cc(C(=O)N2CCC3(CC2)CNC(=O)C3)ccc1F. The molecule has 21 heavy (non-hydrogen) atoms. The van der Waals surface area contributed by atoms with Crippen LogP contribution in [0.5, 0.6) is 0 Å². The summed E-state index contributed by atoms with van der Waals surface area (Å²) in [6, 6.07) is 4.48. The molecule has 0 radical (unpaired) electrons. The minimum Gasteiger partial charge on any atom is -0.356 e. The van der Waals surface area contributed by atoms with Gasteiger partial charge in [0.1, 0.15) is 5.82 Å². The lowest BCUT2D eigenvalue weighted by Crippen LogP contribution is -2.44. The van der Waals surface area contributed by atoms with Crippen LogP contribution in [0, 0.1) is 18.2 Å². The first-order valence-corrected chi connectivity index (χ1v) is 7.31. The molecule has 0 unspecified atom stereocenters. The molecule has 0 bridgehead atoms. The van der Waals surface area contributed by atoms with E-state index in [9.17, 15) is 14.0 Å². The number of amides is 2. The predicted octanol–water partition coefficient (Wildman–Crippen LogP) is 1.88. The second-order valence-electron chi connectivity index (χ2n) is 6.21. The van der Waals surface area contributed by atoms with Crippen molar-refractivity contribution in [3.05, 3.63) is 35.1 Å². The molecule has 2 amide bonds. The van der Waals surface area contributed by atoms with Crippen molar-refractivity contribution in [3.63, 3.8) is 0 Å². The van der Waals surface area contributed by atoms with Crippen molar-refractivity contribution < 1.29 is 14.0 Å². The number of carbonyl (C=O) groups excluding carboxylic acids is 2. The van der Waals surface area contributed by atoms with Gasteiger partial charge in [-0.2, -0.15) is 0 Å². The van der Waals surface area contributed by atoms with Crippen LogP contribution in [0.2, 0.25) is 0 Å². The molecule has 2 saturated heterocycles. The van der Waals surface area contributed by atoms with Gasteiger partial charge in [-0.05, 0) is 48.9 Å². The zero-order chi connectivity index (χ0) is 15.0. The quantitative estimate of drug-likeness (QED) is 0.858. The molecular formula is C16H19FN2O2. The van der Waals surface area contributed by atoms with E-state index in [0.29, 0.717) is 30.6 Å². The molecule has 112 valence electrons. The molecule has 2 fully saturated rings. The third-order valence-corrected chi connectivity index (χ3v) is 4.71. The average Bonchev–Trinajstić information content (AvgIpc) is 2.83. The van der Waals surface area contributed by atoms with Gasteiger partial charge in [-0.15, -0.1) is 0 Å². The molecule has 3 rings (SSSR count). The van der Waals surface area contributed by atoms with E-state index in [-0.39, 0.29) is 23.0 Å². The van der Waals surface area contributed by atoms with Crippen molar-refractivity contribution in [3.8, 4) is 0 Å². The van der Waals surface area contributed by atoms with Crippen LogP contribution in [-0.2, 0) is 4.79 Å². The van der Waals surface area contributed by atoms with Crippen molar-refractivity contribution in [1.29, 1.82) is 0 Å². The number of piperidine rings is 1. The molecule has 2 heterocycles. The summed E-state index contributed by atoms with van der Waals surface area (Å²) < 4.78 is 13.3. The fourth-order valence-corrected chi connectivity index (χ4v) is 3.25. The maximum absolute atomic E-state index is 13.3. The van der Waals surface area contributed by atoms with Gasteiger partial charge >= 0.3 is 0 Å². The number of nitrogens with zero attached hydrogens (tertiary/aromatic N) is 1. The van der Waals surface area contributed by atoms with E-state index in [1.165, 1.54) is 12.1 Å². The zero-order valence-corrected chi connectivity index (χ0v) is 12.1. The first-order valence-electron chi connectivity index (χ1n) is 7.31. The lowest BCUT2D eigenvalue weighted by molar-refractivity contribution is -0.119. The van der Waals surface area contributed by atoms with Gasteiger partial charge in [0.15, 0.2) is 0 Å². The first-order chi connectivity index (χ1) is 9.99. The number of nitrogens with one attached hydrogen (secondary N) is 1. The smallest absolute Gasteiger partial charge is 0.253 e. The number of benzene rings is 1. The molecular weight excluding hydrogens is 271 g/mol. The summed E-state index contributed by atoms with van der Waals surface area (Å²) in [5, 5.41) is 2.89. The normalized spacial score (nSPS) is 20.7. The summed E-state index contributed by atoms with van der Waals surface area (Å²) in [5.74, 6) is -0.228. The van der Waals surface area contributed by atoms with Crippen LogP contribution in [0.1, 0.15) is 35.2 Å². The van der Waals surface area contributed by atoms with E-state index in [2.05, 4.69) is 5.32 Å². The van der Waals surface area contributed by atoms with E-state index >= 15 is 0 Å². The summed E-state index contributed by atoms with van der Waals surface area (Å²) in [6.07, 6.45) is 2.26. The molecule has 1 spiro atoms. The van der Waals surface area contributed by atoms with Gasteiger partial charge in [-0.3, -0.25) is 9.59 Å². The van der Waals surface area contributed by atoms with Gasteiger partial charge in [0.25, 0.3) is 5.91 Å². The molecule has 2 aliphatic heterocycles. The van der Waals surface area contributed by atoms with Gasteiger partial charge in [-0.1, -0.05) is 0 Å². The second kappa shape index (κ2) is 5.13. The lowest BCUT2D eigenvalue weighted by atomic mass is 9.77. The van der Waals surface area contributed by atoms with Crippen molar-refractivity contribution in [2.75, 3.05) is 19.6 Å². The Morgan fingerprint density at radius 1 is 1.33 bits per heavy atom. The van der Waals surface area contributed by atoms with Crippen LogP contribution < -0.4 is 5.32 Å². The Morgan fingerprint density at radius 3 is 2.62 bits per heavy atom. The highest BCUT2D eigenvalue weighted by atomic mass is 19.1. The molecule has 1 aromatic rings. The molecule has 4 nitrogen and oxygen atoms in total. The maximum atomic E-state index is 13.3. The summed E-state index contributed by atoms with van der Waals surface area (Å²) in [7, 11) is 0. The first kappa shape index (κ1) is 14.0. The monoisotopic (exact) mass is 290 g/mol. The standard InChI is InChI=1S/C16H19FN2O2/c1-11-8-12(2-3-13(11)17)15(21)19-6-4-16(5-7-19)9-14(20)18-10-16/h2-3,8H,4-7,9-10H2,1H3,(H,18,20). The summed E-state index contributed by atoms with van der Waals surface area (Å²) >= 11 is 0. The summed E-state index contributed by atoms with van der Waals surface area (Å²) in [5.41, 5.74) is 1.05. The molecule has 0 aliphatic carbocycles. The number of halogens is 1. The third kappa shape index (κ3) is 2.64. The van der Waals surface area contributed by atoms with E-state index in [0.717, 1.165) is 19.4 Å². The third-order valence-electron chi connectivity index (χ3n) is 4.71. The van der Waals surface area contributed by atoms with Gasteiger partial charge in [-0.25, -0.2) is 4.39 Å². The van der Waals surface area contributed by atoms with Crippen molar-refractivity contribution in [1.82, 2.24) is 10.2 Å². The fraction of sp³-hybridized carbons (Fsp3) is 0.500. The van der Waals surface area contributed by atoms with E-state index in [1.807, 2.05) is 0 Å². The minimum absolute atomic E-state index is 0.0343. The molecule has 0 atom stereocenters. The summed E-state index contributed by atoms with van der Waals surface area (Å²) in [6.45, 7) is 3.70. The van der Waals surface area contributed by atoms with Crippen LogP contribution in [0.15, 0.2) is 18.2 Å². The maximum Gasteiger partial charge on any atom is 0.253 e.